The van der Waals surface area contributed by atoms with Crippen LogP contribution in [0.15, 0.2) is 0 Å². The standard InChI is InChI=1S/C57H72Si6/c1-58(2,3)31-19-25-40-41(26-20-32-59(4,5)6)47-38-49-44(29-23-35-62(13,14)15)45(30-24-36-63(16,17)18)51-39-50-43(28-22-34-61(10,11)12)42(27-21-33-60(7,8)9)48-37-46(40)52-53(47)55(49)57(51)56(50)54(48)52/h25-30,37-39H2,1-18H3. The quantitative estimate of drug-likeness (QED) is 0.0886. The Kier molecular flexibility index (Phi) is 12.5. The van der Waals surface area contributed by atoms with E-state index >= 15 is 0 Å². The van der Waals surface area contributed by atoms with E-state index in [9.17, 15) is 0 Å². The molecular formula is C57H72Si6. The molecule has 0 atom stereocenters. The van der Waals surface area contributed by atoms with Gasteiger partial charge in [-0.25, -0.2) is 0 Å². The summed E-state index contributed by atoms with van der Waals surface area (Å²) in [5, 5.41) is 9.20. The van der Waals surface area contributed by atoms with Gasteiger partial charge in [0.1, 0.15) is 48.4 Å². The van der Waals surface area contributed by atoms with Crippen molar-refractivity contribution in [1.29, 1.82) is 0 Å². The molecule has 0 fully saturated rings. The van der Waals surface area contributed by atoms with E-state index in [1.807, 2.05) is 0 Å². The fourth-order valence-corrected chi connectivity index (χ4v) is 13.6. The number of rotatable bonds is 6. The summed E-state index contributed by atoms with van der Waals surface area (Å²) < 4.78 is 0. The maximum absolute atomic E-state index is 3.82. The van der Waals surface area contributed by atoms with Crippen LogP contribution in [-0.2, 0) is 57.8 Å². The topological polar surface area (TPSA) is 0 Å². The van der Waals surface area contributed by atoms with E-state index in [0.717, 1.165) is 57.8 Å². The van der Waals surface area contributed by atoms with Crippen molar-refractivity contribution in [3.05, 3.63) is 66.8 Å². The summed E-state index contributed by atoms with van der Waals surface area (Å²) >= 11 is 0. The van der Waals surface area contributed by atoms with Gasteiger partial charge < -0.3 is 0 Å². The minimum absolute atomic E-state index is 0.792. The van der Waals surface area contributed by atoms with E-state index in [0.29, 0.717) is 0 Å². The molecule has 3 aliphatic rings. The molecule has 0 saturated carbocycles. The summed E-state index contributed by atoms with van der Waals surface area (Å²) in [5.41, 5.74) is 40.8. The molecule has 3 aliphatic carbocycles. The first-order chi connectivity index (χ1) is 29.0. The molecule has 6 heteroatoms. The summed E-state index contributed by atoms with van der Waals surface area (Å²) in [6.07, 6.45) is 7.59. The molecule has 324 valence electrons. The van der Waals surface area contributed by atoms with E-state index < -0.39 is 48.4 Å². The van der Waals surface area contributed by atoms with E-state index in [-0.39, 0.29) is 0 Å². The zero-order valence-electron chi connectivity index (χ0n) is 42.4. The largest absolute Gasteiger partial charge is 0.132 e. The SMILES string of the molecule is C[Si](C)(C)C#CCc1c(CC#C[Si](C)(C)C)c2c3c4c1Cc1c(CC#C[Si](C)(C)C)c(CC#C[Si](C)(C)C)c5c(c14)c1c(c(CC#C[Si](C)(C)C)c(CC#C[Si](C)(C)C)c(c31)C2)C5. The summed E-state index contributed by atoms with van der Waals surface area (Å²) in [4.78, 5) is 0. The fourth-order valence-electron chi connectivity index (χ4n) is 9.93. The molecule has 0 bridgehead atoms. The number of hydrogen-bond donors (Lipinski definition) is 0. The highest BCUT2D eigenvalue weighted by Crippen LogP contribution is 2.58. The van der Waals surface area contributed by atoms with Gasteiger partial charge in [-0.05, 0) is 118 Å². The predicted molar refractivity (Wildman–Crippen MR) is 296 cm³/mol. The van der Waals surface area contributed by atoms with Crippen molar-refractivity contribution in [1.82, 2.24) is 0 Å². The monoisotopic (exact) mass is 924 g/mol. The molecule has 7 rings (SSSR count). The highest BCUT2D eigenvalue weighted by molar-refractivity contribution is 6.85. The lowest BCUT2D eigenvalue weighted by Crippen LogP contribution is -2.17. The van der Waals surface area contributed by atoms with Crippen LogP contribution < -0.4 is 0 Å². The van der Waals surface area contributed by atoms with Crippen molar-refractivity contribution in [2.45, 2.75) is 176 Å². The van der Waals surface area contributed by atoms with Gasteiger partial charge in [0.2, 0.25) is 0 Å². The molecule has 0 nitrogen and oxygen atoms in total. The molecule has 0 amide bonds. The van der Waals surface area contributed by atoms with Gasteiger partial charge >= 0.3 is 0 Å². The molecule has 4 aromatic rings. The third-order valence-corrected chi connectivity index (χ3v) is 17.6. The molecule has 0 aromatic heterocycles. The van der Waals surface area contributed by atoms with Gasteiger partial charge in [-0.1, -0.05) is 118 Å². The lowest BCUT2D eigenvalue weighted by molar-refractivity contribution is 1.06. The summed E-state index contributed by atoms with van der Waals surface area (Å²) in [6.45, 7) is 42.7. The minimum Gasteiger partial charge on any atom is -0.132 e. The van der Waals surface area contributed by atoms with Crippen LogP contribution in [0.1, 0.15) is 66.8 Å². The Hall–Kier alpha value is -3.68. The van der Waals surface area contributed by atoms with Crippen molar-refractivity contribution in [3.8, 4) is 68.8 Å². The number of benzene rings is 4. The normalized spacial score (nSPS) is 13.6. The average molecular weight is 926 g/mol. The van der Waals surface area contributed by atoms with Crippen LogP contribution in [-0.4, -0.2) is 48.4 Å². The molecule has 0 radical (unpaired) electrons. The minimum atomic E-state index is -1.59. The van der Waals surface area contributed by atoms with E-state index in [1.54, 1.807) is 0 Å². The molecule has 0 heterocycles. The van der Waals surface area contributed by atoms with E-state index in [4.69, 9.17) is 0 Å². The van der Waals surface area contributed by atoms with Gasteiger partial charge in [-0.3, -0.25) is 0 Å². The maximum atomic E-state index is 3.82. The van der Waals surface area contributed by atoms with Crippen LogP contribution >= 0.6 is 0 Å². The zero-order valence-corrected chi connectivity index (χ0v) is 48.4. The Bertz CT molecular complexity index is 2480. The van der Waals surface area contributed by atoms with E-state index in [2.05, 4.69) is 187 Å². The fraction of sp³-hybridized carbons (Fsp3) is 0.474. The first-order valence-electron chi connectivity index (χ1n) is 23.6. The van der Waals surface area contributed by atoms with Crippen LogP contribution in [0.4, 0.5) is 0 Å². The molecule has 0 spiro atoms. The van der Waals surface area contributed by atoms with Gasteiger partial charge in [0.15, 0.2) is 0 Å². The summed E-state index contributed by atoms with van der Waals surface area (Å²) in [7, 11) is -9.56. The molecule has 0 saturated heterocycles. The third-order valence-electron chi connectivity index (χ3n) is 12.0. The smallest absolute Gasteiger partial charge is 0.129 e. The first kappa shape index (κ1) is 47.3. The van der Waals surface area contributed by atoms with Crippen LogP contribution in [0.5, 0.6) is 0 Å². The van der Waals surface area contributed by atoms with Gasteiger partial charge in [0.25, 0.3) is 0 Å². The second kappa shape index (κ2) is 16.6. The highest BCUT2D eigenvalue weighted by Gasteiger charge is 2.39. The Labute approximate surface area is 389 Å². The third kappa shape index (κ3) is 10.3. The second-order valence-corrected chi connectivity index (χ2v) is 53.4. The van der Waals surface area contributed by atoms with Crippen molar-refractivity contribution in [2.24, 2.45) is 0 Å². The van der Waals surface area contributed by atoms with Gasteiger partial charge in [-0.15, -0.1) is 68.8 Å². The maximum Gasteiger partial charge on any atom is 0.129 e. The summed E-state index contributed by atoms with van der Waals surface area (Å²) in [5.74, 6) is 22.9. The van der Waals surface area contributed by atoms with Crippen molar-refractivity contribution in [2.75, 3.05) is 0 Å². The van der Waals surface area contributed by atoms with Crippen LogP contribution in [0.2, 0.25) is 118 Å². The van der Waals surface area contributed by atoms with Crippen LogP contribution in [0, 0.1) is 68.8 Å². The van der Waals surface area contributed by atoms with Crippen LogP contribution in [0.3, 0.4) is 0 Å². The Balaban J connectivity index is 1.67. The van der Waals surface area contributed by atoms with Crippen molar-refractivity contribution < 1.29 is 0 Å². The molecule has 63 heavy (non-hydrogen) atoms. The Morgan fingerprint density at radius 1 is 0.238 bits per heavy atom. The second-order valence-electron chi connectivity index (χ2n) is 24.9. The molecule has 0 aliphatic heterocycles. The highest BCUT2D eigenvalue weighted by atomic mass is 28.3. The van der Waals surface area contributed by atoms with Crippen molar-refractivity contribution in [3.63, 3.8) is 0 Å². The lowest BCUT2D eigenvalue weighted by atomic mass is 9.85. The number of hydrogen-bond acceptors (Lipinski definition) is 0. The van der Waals surface area contributed by atoms with Gasteiger partial charge in [0.05, 0.1) is 0 Å². The average Bonchev–Trinajstić information content (AvgIpc) is 3.80. The molecular weight excluding hydrogens is 853 g/mol. The van der Waals surface area contributed by atoms with E-state index in [1.165, 1.54) is 99.1 Å². The van der Waals surface area contributed by atoms with Crippen molar-refractivity contribution >= 4 is 80.8 Å². The Morgan fingerprint density at radius 2 is 0.365 bits per heavy atom. The Morgan fingerprint density at radius 3 is 0.476 bits per heavy atom. The van der Waals surface area contributed by atoms with Gasteiger partial charge in [0, 0.05) is 38.5 Å². The molecule has 0 N–H and O–H groups in total. The molecule has 0 unspecified atom stereocenters. The summed E-state index contributed by atoms with van der Waals surface area (Å²) in [6, 6.07) is 0. The zero-order chi connectivity index (χ0) is 46.2. The lowest BCUT2D eigenvalue weighted by Gasteiger charge is -2.18. The van der Waals surface area contributed by atoms with Crippen LogP contribution in [0.25, 0.3) is 32.3 Å². The van der Waals surface area contributed by atoms with Gasteiger partial charge in [-0.2, -0.15) is 0 Å². The first-order valence-corrected chi connectivity index (χ1v) is 44.6. The predicted octanol–water partition coefficient (Wildman–Crippen LogP) is 13.4. The molecule has 4 aromatic carbocycles.